The lowest BCUT2D eigenvalue weighted by Crippen LogP contribution is -1.94. The molecule has 0 spiro atoms. The molecule has 0 N–H and O–H groups in total. The normalized spacial score (nSPS) is 13.9. The number of rotatable bonds is 4. The summed E-state index contributed by atoms with van der Waals surface area (Å²) < 4.78 is 0. The van der Waals surface area contributed by atoms with Gasteiger partial charge >= 0.3 is 0 Å². The summed E-state index contributed by atoms with van der Waals surface area (Å²) in [5, 5.41) is 0. The van der Waals surface area contributed by atoms with Crippen LogP contribution in [0, 0.1) is 5.92 Å². The standard InChI is InChI=1S/C14H18/c1-3-4-6-9-13(2)12-14-10-7-5-8-11-14/h3-11,13H,12H2,1-2H3/b4-3-,9-6-. The maximum Gasteiger partial charge on any atom is -0.0218 e. The lowest BCUT2D eigenvalue weighted by molar-refractivity contribution is 0.724. The van der Waals surface area contributed by atoms with Crippen LogP contribution < -0.4 is 0 Å². The number of allylic oxidation sites excluding steroid dienone is 4. The molecule has 0 amide bonds. The highest BCUT2D eigenvalue weighted by molar-refractivity contribution is 5.16. The second-order valence-electron chi connectivity index (χ2n) is 3.58. The van der Waals surface area contributed by atoms with Gasteiger partial charge in [-0.05, 0) is 24.8 Å². The van der Waals surface area contributed by atoms with Gasteiger partial charge in [0, 0.05) is 0 Å². The molecular weight excluding hydrogens is 168 g/mol. The van der Waals surface area contributed by atoms with Crippen molar-refractivity contribution in [1.29, 1.82) is 0 Å². The third-order valence-electron chi connectivity index (χ3n) is 2.14. The number of hydrogen-bond acceptors (Lipinski definition) is 0. The van der Waals surface area contributed by atoms with E-state index in [1.165, 1.54) is 5.56 Å². The Kier molecular flexibility index (Phi) is 4.77. The molecule has 0 heterocycles. The first-order valence-corrected chi connectivity index (χ1v) is 5.16. The first-order valence-electron chi connectivity index (χ1n) is 5.16. The number of benzene rings is 1. The zero-order chi connectivity index (χ0) is 10.2. The largest absolute Gasteiger partial charge is 0.0877 e. The highest BCUT2D eigenvalue weighted by Crippen LogP contribution is 2.09. The highest BCUT2D eigenvalue weighted by atomic mass is 14.0. The predicted octanol–water partition coefficient (Wildman–Crippen LogP) is 4.00. The van der Waals surface area contributed by atoms with Crippen LogP contribution in [0.5, 0.6) is 0 Å². The van der Waals surface area contributed by atoms with Gasteiger partial charge in [0.05, 0.1) is 0 Å². The molecule has 0 saturated carbocycles. The summed E-state index contributed by atoms with van der Waals surface area (Å²) in [5.74, 6) is 0.605. The van der Waals surface area contributed by atoms with E-state index in [9.17, 15) is 0 Å². The Morgan fingerprint density at radius 3 is 2.50 bits per heavy atom. The molecule has 0 fully saturated rings. The van der Waals surface area contributed by atoms with Crippen LogP contribution in [0.25, 0.3) is 0 Å². The van der Waals surface area contributed by atoms with Crippen molar-refractivity contribution < 1.29 is 0 Å². The third-order valence-corrected chi connectivity index (χ3v) is 2.14. The molecule has 1 rings (SSSR count). The monoisotopic (exact) mass is 186 g/mol. The van der Waals surface area contributed by atoms with Crippen LogP contribution in [-0.2, 0) is 6.42 Å². The topological polar surface area (TPSA) is 0 Å². The van der Waals surface area contributed by atoms with Crippen molar-refractivity contribution in [3.8, 4) is 0 Å². The average Bonchev–Trinajstić information content (AvgIpc) is 2.20. The molecule has 1 unspecified atom stereocenters. The quantitative estimate of drug-likeness (QED) is 0.623. The molecule has 0 radical (unpaired) electrons. The van der Waals surface area contributed by atoms with Crippen molar-refractivity contribution in [2.24, 2.45) is 5.92 Å². The maximum absolute atomic E-state index is 2.24. The molecule has 0 nitrogen and oxygen atoms in total. The van der Waals surface area contributed by atoms with Gasteiger partial charge in [-0.25, -0.2) is 0 Å². The van der Waals surface area contributed by atoms with Crippen molar-refractivity contribution in [1.82, 2.24) is 0 Å². The molecule has 0 bridgehead atoms. The molecule has 74 valence electrons. The van der Waals surface area contributed by atoms with E-state index >= 15 is 0 Å². The van der Waals surface area contributed by atoms with Crippen molar-refractivity contribution in [2.75, 3.05) is 0 Å². The van der Waals surface area contributed by atoms with Gasteiger partial charge in [-0.15, -0.1) is 0 Å². The molecule has 0 aromatic heterocycles. The maximum atomic E-state index is 2.24. The fourth-order valence-electron chi connectivity index (χ4n) is 1.42. The van der Waals surface area contributed by atoms with Crippen LogP contribution in [0.4, 0.5) is 0 Å². The van der Waals surface area contributed by atoms with Crippen molar-refractivity contribution in [3.05, 3.63) is 60.2 Å². The van der Waals surface area contributed by atoms with Crippen LogP contribution in [0.15, 0.2) is 54.6 Å². The average molecular weight is 186 g/mol. The van der Waals surface area contributed by atoms with Gasteiger partial charge in [0.15, 0.2) is 0 Å². The van der Waals surface area contributed by atoms with E-state index in [2.05, 4.69) is 55.5 Å². The van der Waals surface area contributed by atoms with Gasteiger partial charge in [0.1, 0.15) is 0 Å². The van der Waals surface area contributed by atoms with E-state index in [0.29, 0.717) is 5.92 Å². The van der Waals surface area contributed by atoms with Crippen LogP contribution in [0.2, 0.25) is 0 Å². The summed E-state index contributed by atoms with van der Waals surface area (Å²) in [6.45, 7) is 4.28. The summed E-state index contributed by atoms with van der Waals surface area (Å²) in [6.07, 6.45) is 9.60. The van der Waals surface area contributed by atoms with Crippen molar-refractivity contribution >= 4 is 0 Å². The van der Waals surface area contributed by atoms with E-state index in [1.807, 2.05) is 13.0 Å². The molecule has 1 aromatic rings. The first kappa shape index (κ1) is 10.8. The molecule has 0 saturated heterocycles. The molecule has 1 atom stereocenters. The fraction of sp³-hybridized carbons (Fsp3) is 0.286. The van der Waals surface area contributed by atoms with Gasteiger partial charge < -0.3 is 0 Å². The summed E-state index contributed by atoms with van der Waals surface area (Å²) in [7, 11) is 0. The Morgan fingerprint density at radius 1 is 1.14 bits per heavy atom. The predicted molar refractivity (Wildman–Crippen MR) is 63.3 cm³/mol. The summed E-state index contributed by atoms with van der Waals surface area (Å²) in [6, 6.07) is 10.6. The molecular formula is C14H18. The molecule has 1 aromatic carbocycles. The van der Waals surface area contributed by atoms with Crippen LogP contribution in [0.3, 0.4) is 0 Å². The van der Waals surface area contributed by atoms with Crippen molar-refractivity contribution in [3.63, 3.8) is 0 Å². The zero-order valence-electron chi connectivity index (χ0n) is 8.98. The smallest absolute Gasteiger partial charge is 0.0218 e. The van der Waals surface area contributed by atoms with Crippen LogP contribution >= 0.6 is 0 Å². The van der Waals surface area contributed by atoms with E-state index < -0.39 is 0 Å². The highest BCUT2D eigenvalue weighted by Gasteiger charge is 1.97. The molecule has 0 heteroatoms. The summed E-state index contributed by atoms with van der Waals surface area (Å²) in [4.78, 5) is 0. The second kappa shape index (κ2) is 6.20. The van der Waals surface area contributed by atoms with Crippen molar-refractivity contribution in [2.45, 2.75) is 20.3 Å². The minimum atomic E-state index is 0.605. The van der Waals surface area contributed by atoms with Crippen LogP contribution in [0.1, 0.15) is 19.4 Å². The van der Waals surface area contributed by atoms with E-state index in [-0.39, 0.29) is 0 Å². The second-order valence-corrected chi connectivity index (χ2v) is 3.58. The SMILES string of the molecule is C/C=C\C=C/C(C)Cc1ccccc1. The fourth-order valence-corrected chi connectivity index (χ4v) is 1.42. The van der Waals surface area contributed by atoms with Gasteiger partial charge in [0.25, 0.3) is 0 Å². The summed E-state index contributed by atoms with van der Waals surface area (Å²) in [5.41, 5.74) is 1.41. The lowest BCUT2D eigenvalue weighted by Gasteiger charge is -2.05. The first-order chi connectivity index (χ1) is 6.83. The minimum Gasteiger partial charge on any atom is -0.0877 e. The van der Waals surface area contributed by atoms with Gasteiger partial charge in [-0.2, -0.15) is 0 Å². The van der Waals surface area contributed by atoms with Gasteiger partial charge in [0.2, 0.25) is 0 Å². The van der Waals surface area contributed by atoms with E-state index in [0.717, 1.165) is 6.42 Å². The molecule has 0 aliphatic heterocycles. The third kappa shape index (κ3) is 4.08. The summed E-state index contributed by atoms with van der Waals surface area (Å²) >= 11 is 0. The minimum absolute atomic E-state index is 0.605. The Morgan fingerprint density at radius 2 is 1.86 bits per heavy atom. The zero-order valence-corrected chi connectivity index (χ0v) is 8.98. The Labute approximate surface area is 87.0 Å². The Bertz CT molecular complexity index is 293. The lowest BCUT2D eigenvalue weighted by atomic mass is 10.0. The molecule has 0 aliphatic carbocycles. The van der Waals surface area contributed by atoms with Gasteiger partial charge in [-0.3, -0.25) is 0 Å². The molecule has 0 aliphatic rings. The Hall–Kier alpha value is -1.30. The van der Waals surface area contributed by atoms with E-state index in [1.54, 1.807) is 0 Å². The Balaban J connectivity index is 2.45. The molecule has 14 heavy (non-hydrogen) atoms. The van der Waals surface area contributed by atoms with E-state index in [4.69, 9.17) is 0 Å². The van der Waals surface area contributed by atoms with Crippen LogP contribution in [-0.4, -0.2) is 0 Å². The van der Waals surface area contributed by atoms with Gasteiger partial charge in [-0.1, -0.05) is 61.6 Å². The number of hydrogen-bond donors (Lipinski definition) is 0.